The molecule has 0 radical (unpaired) electrons. The second kappa shape index (κ2) is 16.8. The fourth-order valence-corrected chi connectivity index (χ4v) is 9.13. The van der Waals surface area contributed by atoms with Gasteiger partial charge in [-0.2, -0.15) is 10.1 Å². The van der Waals surface area contributed by atoms with Gasteiger partial charge in [-0.25, -0.2) is 0 Å². The van der Waals surface area contributed by atoms with Crippen molar-refractivity contribution in [3.8, 4) is 0 Å². The van der Waals surface area contributed by atoms with Crippen LogP contribution in [0.5, 0.6) is 0 Å². The van der Waals surface area contributed by atoms with Crippen molar-refractivity contribution in [1.82, 2.24) is 10.1 Å². The molecule has 0 aliphatic carbocycles. The number of carbonyl (C=O) groups excluding carboxylic acids is 2. The molecule has 4 rings (SSSR count). The number of esters is 1. The second-order valence-electron chi connectivity index (χ2n) is 16.7. The van der Waals surface area contributed by atoms with Crippen LogP contribution in [0.1, 0.15) is 152 Å². The van der Waals surface area contributed by atoms with Gasteiger partial charge in [0.25, 0.3) is 0 Å². The van der Waals surface area contributed by atoms with E-state index in [9.17, 15) is 20.0 Å². The fourth-order valence-electron chi connectivity index (χ4n) is 9.13. The molecule has 0 amide bonds. The molecule has 0 aromatic carbocycles. The standard InChI is InChI=1S/C38H68N2O10/c1-9-35(10-2)27-37(25-33(5,6)39(35)43)47-23-30(49-37)21-45-20-19-29(41)17-15-13-14-16-18-32(42)46-22-31-24-48-38(50-31)26-34(7,8)40(44)36(11-3,12-4)28-38/h30-31,43-44H,9-28H2,1-8H3. The molecule has 0 aromatic heterocycles. The first-order valence-corrected chi connectivity index (χ1v) is 19.4. The van der Waals surface area contributed by atoms with Crippen LogP contribution in [0.4, 0.5) is 0 Å². The lowest BCUT2D eigenvalue weighted by molar-refractivity contribution is -0.327. The summed E-state index contributed by atoms with van der Waals surface area (Å²) in [6.45, 7) is 18.1. The number of unbranched alkanes of at least 4 members (excludes halogenated alkanes) is 3. The Bertz CT molecular complexity index is 1120. The van der Waals surface area contributed by atoms with Gasteiger partial charge in [-0.15, -0.1) is 0 Å². The minimum atomic E-state index is -0.786. The first kappa shape index (κ1) is 41.5. The number of piperidine rings is 2. The summed E-state index contributed by atoms with van der Waals surface area (Å²) in [6.07, 6.45) is 9.37. The van der Waals surface area contributed by atoms with E-state index in [1.165, 1.54) is 10.1 Å². The Hall–Kier alpha value is -1.22. The first-order valence-electron chi connectivity index (χ1n) is 19.4. The van der Waals surface area contributed by atoms with Crippen molar-refractivity contribution in [2.75, 3.05) is 33.0 Å². The average molecular weight is 713 g/mol. The third kappa shape index (κ3) is 9.46. The highest BCUT2D eigenvalue weighted by atomic mass is 16.8. The largest absolute Gasteiger partial charge is 0.463 e. The molecule has 4 fully saturated rings. The van der Waals surface area contributed by atoms with Gasteiger partial charge in [-0.3, -0.25) is 9.59 Å². The topological polar surface area (TPSA) is 136 Å². The van der Waals surface area contributed by atoms with Gasteiger partial charge < -0.3 is 38.8 Å². The number of ketones is 1. The zero-order valence-electron chi connectivity index (χ0n) is 32.4. The minimum absolute atomic E-state index is 0.158. The number of rotatable bonds is 18. The van der Waals surface area contributed by atoms with E-state index in [1.807, 2.05) is 27.7 Å². The maximum absolute atomic E-state index is 12.4. The number of hydrogen-bond donors (Lipinski definition) is 2. The van der Waals surface area contributed by atoms with Crippen LogP contribution in [-0.2, 0) is 38.0 Å². The Kier molecular flexibility index (Phi) is 14.0. The third-order valence-corrected chi connectivity index (χ3v) is 12.0. The van der Waals surface area contributed by atoms with Crippen LogP contribution in [0, 0.1) is 0 Å². The smallest absolute Gasteiger partial charge is 0.305 e. The number of ether oxygens (including phenoxy) is 6. The maximum Gasteiger partial charge on any atom is 0.305 e. The molecular formula is C38H68N2O10. The molecule has 2 spiro atoms. The molecule has 4 heterocycles. The molecule has 12 heteroatoms. The Balaban J connectivity index is 1.03. The Labute approximate surface area is 300 Å². The normalized spacial score (nSPS) is 31.8. The monoisotopic (exact) mass is 712 g/mol. The van der Waals surface area contributed by atoms with E-state index >= 15 is 0 Å². The molecule has 50 heavy (non-hydrogen) atoms. The Morgan fingerprint density at radius 2 is 1.12 bits per heavy atom. The first-order chi connectivity index (χ1) is 23.5. The van der Waals surface area contributed by atoms with Crippen LogP contribution in [0.15, 0.2) is 0 Å². The molecule has 0 aromatic rings. The lowest BCUT2D eigenvalue weighted by atomic mass is 9.73. The van der Waals surface area contributed by atoms with Gasteiger partial charge in [-0.1, -0.05) is 40.5 Å². The van der Waals surface area contributed by atoms with Crippen molar-refractivity contribution in [2.45, 2.75) is 198 Å². The zero-order chi connectivity index (χ0) is 36.8. The SMILES string of the molecule is CCC1(CC)CC2(CC(C)(C)N1O)OCC(COCCC(=O)CCCCCCC(=O)OCC1COC3(CC(C)(C)N(O)C(CC)(CC)C3)O1)O2. The third-order valence-electron chi connectivity index (χ3n) is 12.0. The van der Waals surface area contributed by atoms with Crippen molar-refractivity contribution in [3.05, 3.63) is 0 Å². The Morgan fingerprint density at radius 1 is 0.660 bits per heavy atom. The molecule has 4 aliphatic heterocycles. The quantitative estimate of drug-likeness (QED) is 0.115. The molecule has 0 saturated carbocycles. The lowest BCUT2D eigenvalue weighted by Crippen LogP contribution is -2.66. The van der Waals surface area contributed by atoms with Crippen molar-refractivity contribution in [2.24, 2.45) is 0 Å². The van der Waals surface area contributed by atoms with Gasteiger partial charge in [-0.05, 0) is 66.2 Å². The summed E-state index contributed by atoms with van der Waals surface area (Å²) in [4.78, 5) is 24.9. The van der Waals surface area contributed by atoms with E-state index in [2.05, 4.69) is 27.7 Å². The van der Waals surface area contributed by atoms with Crippen LogP contribution in [0.3, 0.4) is 0 Å². The predicted octanol–water partition coefficient (Wildman–Crippen LogP) is 6.71. The van der Waals surface area contributed by atoms with Gasteiger partial charge in [0.1, 0.15) is 24.6 Å². The van der Waals surface area contributed by atoms with E-state index < -0.39 is 33.7 Å². The number of hydrogen-bond acceptors (Lipinski definition) is 12. The Morgan fingerprint density at radius 3 is 1.60 bits per heavy atom. The molecular weight excluding hydrogens is 644 g/mol. The molecule has 0 bridgehead atoms. The van der Waals surface area contributed by atoms with E-state index in [0.717, 1.165) is 44.9 Å². The van der Waals surface area contributed by atoms with E-state index in [4.69, 9.17) is 28.4 Å². The summed E-state index contributed by atoms with van der Waals surface area (Å²) < 4.78 is 36.6. The van der Waals surface area contributed by atoms with Gasteiger partial charge in [0, 0.05) is 56.0 Å². The van der Waals surface area contributed by atoms with Gasteiger partial charge >= 0.3 is 5.97 Å². The molecule has 4 unspecified atom stereocenters. The highest BCUT2D eigenvalue weighted by Crippen LogP contribution is 2.51. The van der Waals surface area contributed by atoms with E-state index in [1.54, 1.807) is 0 Å². The van der Waals surface area contributed by atoms with Crippen molar-refractivity contribution in [1.29, 1.82) is 0 Å². The van der Waals surface area contributed by atoms with Gasteiger partial charge in [0.2, 0.25) is 0 Å². The molecule has 4 atom stereocenters. The summed E-state index contributed by atoms with van der Waals surface area (Å²) >= 11 is 0. The summed E-state index contributed by atoms with van der Waals surface area (Å²) in [5, 5.41) is 25.0. The van der Waals surface area contributed by atoms with Crippen LogP contribution in [0.2, 0.25) is 0 Å². The van der Waals surface area contributed by atoms with Crippen LogP contribution in [-0.4, -0.2) is 111 Å². The predicted molar refractivity (Wildman–Crippen MR) is 187 cm³/mol. The molecule has 2 N–H and O–H groups in total. The minimum Gasteiger partial charge on any atom is -0.463 e. The van der Waals surface area contributed by atoms with E-state index in [0.29, 0.717) is 77.8 Å². The number of nitrogens with zero attached hydrogens (tertiary/aromatic N) is 2. The summed E-state index contributed by atoms with van der Waals surface area (Å²) in [5.41, 5.74) is -1.80. The molecule has 4 saturated heterocycles. The molecule has 4 aliphatic rings. The van der Waals surface area contributed by atoms with Crippen LogP contribution in [0.25, 0.3) is 0 Å². The highest BCUT2D eigenvalue weighted by molar-refractivity contribution is 5.78. The summed E-state index contributed by atoms with van der Waals surface area (Å²) in [5.74, 6) is -1.58. The van der Waals surface area contributed by atoms with Crippen molar-refractivity contribution < 1.29 is 48.4 Å². The fraction of sp³-hybridized carbons (Fsp3) is 0.947. The number of carbonyl (C=O) groups is 2. The van der Waals surface area contributed by atoms with Gasteiger partial charge in [0.05, 0.1) is 37.5 Å². The zero-order valence-corrected chi connectivity index (χ0v) is 32.4. The van der Waals surface area contributed by atoms with E-state index in [-0.39, 0.29) is 30.6 Å². The van der Waals surface area contributed by atoms with Crippen molar-refractivity contribution in [3.63, 3.8) is 0 Å². The molecule has 12 nitrogen and oxygen atoms in total. The lowest BCUT2D eigenvalue weighted by Gasteiger charge is -2.56. The summed E-state index contributed by atoms with van der Waals surface area (Å²) in [6, 6.07) is 0. The maximum atomic E-state index is 12.4. The van der Waals surface area contributed by atoms with Gasteiger partial charge in [0.15, 0.2) is 11.6 Å². The number of Topliss-reactive ketones (excluding diaryl/α,β-unsaturated/α-hetero) is 1. The van der Waals surface area contributed by atoms with Crippen LogP contribution < -0.4 is 0 Å². The second-order valence-corrected chi connectivity index (χ2v) is 16.7. The average Bonchev–Trinajstić information content (AvgIpc) is 3.65. The van der Waals surface area contributed by atoms with Crippen LogP contribution >= 0.6 is 0 Å². The van der Waals surface area contributed by atoms with Crippen molar-refractivity contribution >= 4 is 11.8 Å². The highest BCUT2D eigenvalue weighted by Gasteiger charge is 2.60. The summed E-state index contributed by atoms with van der Waals surface area (Å²) in [7, 11) is 0. The number of hydroxylamine groups is 4. The molecule has 290 valence electrons.